The minimum atomic E-state index is 0.556. The van der Waals surface area contributed by atoms with Crippen LogP contribution in [0.3, 0.4) is 0 Å². The molecular formula is C44H29N5O. The number of furan rings is 1. The number of dihydropyridines is 1. The molecule has 0 unspecified atom stereocenters. The van der Waals surface area contributed by atoms with Crippen LogP contribution in [0.1, 0.15) is 12.0 Å². The molecule has 1 aliphatic rings. The molecular weight excluding hydrogens is 615 g/mol. The second-order valence-corrected chi connectivity index (χ2v) is 12.6. The third kappa shape index (κ3) is 4.65. The van der Waals surface area contributed by atoms with Gasteiger partial charge in [-0.25, -0.2) is 15.0 Å². The molecule has 4 heterocycles. The van der Waals surface area contributed by atoms with E-state index in [1.165, 1.54) is 10.8 Å². The summed E-state index contributed by atoms with van der Waals surface area (Å²) in [5, 5.41) is 4.41. The van der Waals surface area contributed by atoms with E-state index in [9.17, 15) is 0 Å². The molecule has 9 aromatic rings. The van der Waals surface area contributed by atoms with Gasteiger partial charge in [-0.2, -0.15) is 0 Å². The zero-order chi connectivity index (χ0) is 33.0. The van der Waals surface area contributed by atoms with Crippen LogP contribution < -0.4 is 0 Å². The summed E-state index contributed by atoms with van der Waals surface area (Å²) in [7, 11) is 0. The number of aliphatic imine (C=N–C) groups is 1. The Morgan fingerprint density at radius 3 is 1.88 bits per heavy atom. The maximum atomic E-state index is 6.90. The second-order valence-electron chi connectivity index (χ2n) is 12.6. The molecule has 236 valence electrons. The second kappa shape index (κ2) is 11.5. The molecule has 0 amide bonds. The maximum absolute atomic E-state index is 6.90. The molecule has 10 rings (SSSR count). The number of hydrogen-bond acceptors (Lipinski definition) is 5. The normalized spacial score (nSPS) is 13.1. The molecule has 0 N–H and O–H groups in total. The van der Waals surface area contributed by atoms with E-state index in [0.717, 1.165) is 79.5 Å². The summed E-state index contributed by atoms with van der Waals surface area (Å²) in [5.74, 6) is 1.77. The fourth-order valence-corrected chi connectivity index (χ4v) is 7.16. The fourth-order valence-electron chi connectivity index (χ4n) is 7.16. The van der Waals surface area contributed by atoms with Gasteiger partial charge in [0.25, 0.3) is 0 Å². The summed E-state index contributed by atoms with van der Waals surface area (Å²) in [6.07, 6.45) is 5.12. The maximum Gasteiger partial charge on any atom is 0.167 e. The number of rotatable bonds is 5. The lowest BCUT2D eigenvalue weighted by atomic mass is 9.97. The standard InChI is InChI=1S/C44H29N5O/c1-4-13-28(14-5-1)42-46-43(29-15-6-2-7-16-29)48-44(47-42)37-24-31(30-17-12-22-45-27-30)23-36-35-25-34-33-20-10-11-21-38(33)49(32-18-8-3-9-19-32)39(34)26-40(35)50-41(36)37/h1-11,13-21,23-27H,12,22H2. The highest BCUT2D eigenvalue weighted by molar-refractivity contribution is 6.20. The summed E-state index contributed by atoms with van der Waals surface area (Å²) in [6, 6.07) is 48.1. The monoisotopic (exact) mass is 643 g/mol. The molecule has 3 aromatic heterocycles. The quantitative estimate of drug-likeness (QED) is 0.187. The first-order valence-corrected chi connectivity index (χ1v) is 16.8. The van der Waals surface area contributed by atoms with E-state index in [4.69, 9.17) is 19.4 Å². The number of aromatic nitrogens is 4. The summed E-state index contributed by atoms with van der Waals surface area (Å²) in [5.41, 5.74) is 9.67. The van der Waals surface area contributed by atoms with Crippen molar-refractivity contribution in [3.63, 3.8) is 0 Å². The van der Waals surface area contributed by atoms with E-state index < -0.39 is 0 Å². The topological polar surface area (TPSA) is 69.1 Å². The molecule has 1 aliphatic heterocycles. The average molecular weight is 644 g/mol. The van der Waals surface area contributed by atoms with Crippen LogP contribution in [0.25, 0.3) is 89.2 Å². The molecule has 6 heteroatoms. The third-order valence-electron chi connectivity index (χ3n) is 9.51. The summed E-state index contributed by atoms with van der Waals surface area (Å²) in [6.45, 7) is 0.797. The average Bonchev–Trinajstić information content (AvgIpc) is 3.72. The predicted octanol–water partition coefficient (Wildman–Crippen LogP) is 10.7. The van der Waals surface area contributed by atoms with Crippen molar-refractivity contribution in [1.82, 2.24) is 19.5 Å². The van der Waals surface area contributed by atoms with Crippen molar-refractivity contribution in [2.75, 3.05) is 6.54 Å². The highest BCUT2D eigenvalue weighted by atomic mass is 16.3. The zero-order valence-electron chi connectivity index (χ0n) is 27.0. The number of para-hydroxylation sites is 2. The zero-order valence-corrected chi connectivity index (χ0v) is 27.0. The molecule has 0 aliphatic carbocycles. The van der Waals surface area contributed by atoms with Crippen LogP contribution in [0.2, 0.25) is 0 Å². The fraction of sp³-hybridized carbons (Fsp3) is 0.0455. The lowest BCUT2D eigenvalue weighted by Crippen LogP contribution is -2.01. The summed E-state index contributed by atoms with van der Waals surface area (Å²) >= 11 is 0. The van der Waals surface area contributed by atoms with Crippen molar-refractivity contribution in [1.29, 1.82) is 0 Å². The van der Waals surface area contributed by atoms with Gasteiger partial charge in [0, 0.05) is 57.2 Å². The van der Waals surface area contributed by atoms with E-state index in [-0.39, 0.29) is 0 Å². The Kier molecular flexibility index (Phi) is 6.52. The van der Waals surface area contributed by atoms with E-state index in [1.54, 1.807) is 0 Å². The Bertz CT molecular complexity index is 2740. The first-order chi connectivity index (χ1) is 24.8. The first-order valence-electron chi connectivity index (χ1n) is 16.8. The largest absolute Gasteiger partial charge is 0.455 e. The van der Waals surface area contributed by atoms with Crippen molar-refractivity contribution in [2.24, 2.45) is 4.99 Å². The third-order valence-corrected chi connectivity index (χ3v) is 9.51. The van der Waals surface area contributed by atoms with Gasteiger partial charge in [0.05, 0.1) is 16.6 Å². The lowest BCUT2D eigenvalue weighted by Gasteiger charge is -2.11. The Morgan fingerprint density at radius 1 is 0.520 bits per heavy atom. The van der Waals surface area contributed by atoms with Crippen LogP contribution in [0.15, 0.2) is 155 Å². The Morgan fingerprint density at radius 2 is 1.18 bits per heavy atom. The smallest absolute Gasteiger partial charge is 0.167 e. The molecule has 0 bridgehead atoms. The molecule has 6 aromatic carbocycles. The van der Waals surface area contributed by atoms with Gasteiger partial charge < -0.3 is 8.98 Å². The number of benzene rings is 6. The van der Waals surface area contributed by atoms with Crippen LogP contribution in [0.4, 0.5) is 0 Å². The molecule has 50 heavy (non-hydrogen) atoms. The Labute approximate surface area is 287 Å². The van der Waals surface area contributed by atoms with Gasteiger partial charge in [0.2, 0.25) is 0 Å². The Balaban J connectivity index is 1.29. The van der Waals surface area contributed by atoms with E-state index in [1.807, 2.05) is 72.9 Å². The Hall–Kier alpha value is -6.66. The van der Waals surface area contributed by atoms with Gasteiger partial charge in [-0.15, -0.1) is 0 Å². The van der Waals surface area contributed by atoms with Crippen LogP contribution in [-0.4, -0.2) is 32.3 Å². The first kappa shape index (κ1) is 28.4. The SMILES string of the molecule is C1=NCCC=C1c1cc(-c2nc(-c3ccccc3)nc(-c3ccccc3)n2)c2oc3cc4c(cc3c2c1)c1ccccc1n4-c1ccccc1. The predicted molar refractivity (Wildman–Crippen MR) is 204 cm³/mol. The number of nitrogens with zero attached hydrogens (tertiary/aromatic N) is 5. The van der Waals surface area contributed by atoms with E-state index in [2.05, 4.69) is 88.4 Å². The summed E-state index contributed by atoms with van der Waals surface area (Å²) < 4.78 is 9.22. The van der Waals surface area contributed by atoms with Gasteiger partial charge in [0.1, 0.15) is 11.2 Å². The minimum Gasteiger partial charge on any atom is -0.455 e. The van der Waals surface area contributed by atoms with Crippen LogP contribution in [-0.2, 0) is 0 Å². The highest BCUT2D eigenvalue weighted by Crippen LogP contribution is 2.42. The van der Waals surface area contributed by atoms with Crippen molar-refractivity contribution in [3.05, 3.63) is 151 Å². The molecule has 0 fully saturated rings. The number of fused-ring (bicyclic) bond motifs is 6. The molecule has 0 atom stereocenters. The van der Waals surface area contributed by atoms with E-state index in [0.29, 0.717) is 17.5 Å². The number of hydrogen-bond donors (Lipinski definition) is 0. The van der Waals surface area contributed by atoms with Crippen molar-refractivity contribution in [2.45, 2.75) is 6.42 Å². The van der Waals surface area contributed by atoms with Crippen LogP contribution in [0, 0.1) is 0 Å². The highest BCUT2D eigenvalue weighted by Gasteiger charge is 2.22. The van der Waals surface area contributed by atoms with Gasteiger partial charge in [-0.3, -0.25) is 4.99 Å². The van der Waals surface area contributed by atoms with Gasteiger partial charge in [0.15, 0.2) is 17.5 Å². The lowest BCUT2D eigenvalue weighted by molar-refractivity contribution is 0.670. The van der Waals surface area contributed by atoms with Crippen LogP contribution in [0.5, 0.6) is 0 Å². The van der Waals surface area contributed by atoms with Gasteiger partial charge >= 0.3 is 0 Å². The van der Waals surface area contributed by atoms with Crippen molar-refractivity contribution >= 4 is 55.5 Å². The van der Waals surface area contributed by atoms with Gasteiger partial charge in [-0.1, -0.05) is 103 Å². The van der Waals surface area contributed by atoms with E-state index >= 15 is 0 Å². The van der Waals surface area contributed by atoms with Crippen molar-refractivity contribution < 1.29 is 4.42 Å². The molecule has 0 radical (unpaired) electrons. The number of allylic oxidation sites excluding steroid dienone is 1. The molecule has 0 saturated carbocycles. The van der Waals surface area contributed by atoms with Crippen LogP contribution >= 0.6 is 0 Å². The van der Waals surface area contributed by atoms with Gasteiger partial charge in [-0.05, 0) is 54.0 Å². The minimum absolute atomic E-state index is 0.556. The molecule has 0 saturated heterocycles. The molecule has 6 nitrogen and oxygen atoms in total. The summed E-state index contributed by atoms with van der Waals surface area (Å²) in [4.78, 5) is 19.8. The molecule has 0 spiro atoms. The van der Waals surface area contributed by atoms with Crippen molar-refractivity contribution in [3.8, 4) is 39.9 Å².